The van der Waals surface area contributed by atoms with E-state index in [-0.39, 0.29) is 13.2 Å². The van der Waals surface area contributed by atoms with Gasteiger partial charge in [-0.15, -0.1) is 0 Å². The Morgan fingerprint density at radius 3 is 2.48 bits per heavy atom. The molecule has 0 aliphatic carbocycles. The van der Waals surface area contributed by atoms with Gasteiger partial charge in [-0.3, -0.25) is 0 Å². The standard InChI is InChI=1S/C16H13BrF3NO2/c17-14-7-6-13(16(18,19)20)8-12(14)9-21-15(22)23-10-11-4-2-1-3-5-11/h1-8H,9-10H2,(H,21,22). The van der Waals surface area contributed by atoms with Gasteiger partial charge in [0.2, 0.25) is 0 Å². The van der Waals surface area contributed by atoms with E-state index in [1.165, 1.54) is 6.07 Å². The maximum Gasteiger partial charge on any atom is 0.416 e. The molecule has 2 aromatic carbocycles. The van der Waals surface area contributed by atoms with E-state index in [9.17, 15) is 18.0 Å². The van der Waals surface area contributed by atoms with Crippen LogP contribution in [0.5, 0.6) is 0 Å². The van der Waals surface area contributed by atoms with Crippen molar-refractivity contribution in [1.82, 2.24) is 5.32 Å². The molecule has 2 aromatic rings. The lowest BCUT2D eigenvalue weighted by atomic mass is 10.1. The summed E-state index contributed by atoms with van der Waals surface area (Å²) in [7, 11) is 0. The van der Waals surface area contributed by atoms with Gasteiger partial charge in [-0.25, -0.2) is 4.79 Å². The van der Waals surface area contributed by atoms with E-state index in [2.05, 4.69) is 21.2 Å². The molecule has 0 fully saturated rings. The zero-order chi connectivity index (χ0) is 16.9. The highest BCUT2D eigenvalue weighted by atomic mass is 79.9. The summed E-state index contributed by atoms with van der Waals surface area (Å²) < 4.78 is 43.5. The number of hydrogen-bond donors (Lipinski definition) is 1. The third-order valence-corrected chi connectivity index (χ3v) is 3.78. The van der Waals surface area contributed by atoms with Crippen molar-refractivity contribution in [2.45, 2.75) is 19.3 Å². The molecule has 23 heavy (non-hydrogen) atoms. The van der Waals surface area contributed by atoms with Crippen LogP contribution in [-0.2, 0) is 24.1 Å². The van der Waals surface area contributed by atoms with E-state index in [1.54, 1.807) is 12.1 Å². The van der Waals surface area contributed by atoms with Gasteiger partial charge in [0.15, 0.2) is 0 Å². The third kappa shape index (κ3) is 5.28. The Morgan fingerprint density at radius 1 is 1.13 bits per heavy atom. The summed E-state index contributed by atoms with van der Waals surface area (Å²) in [4.78, 5) is 11.6. The Balaban J connectivity index is 1.91. The van der Waals surface area contributed by atoms with E-state index in [4.69, 9.17) is 4.74 Å². The molecule has 1 amide bonds. The molecule has 0 spiro atoms. The van der Waals surface area contributed by atoms with Crippen molar-refractivity contribution in [1.29, 1.82) is 0 Å². The molecular weight excluding hydrogens is 375 g/mol. The Hall–Kier alpha value is -2.02. The van der Waals surface area contributed by atoms with Crippen molar-refractivity contribution in [3.63, 3.8) is 0 Å². The number of amides is 1. The molecule has 0 aromatic heterocycles. The number of ether oxygens (including phenoxy) is 1. The van der Waals surface area contributed by atoms with E-state index >= 15 is 0 Å². The second-order valence-corrected chi connectivity index (χ2v) is 5.57. The number of hydrogen-bond acceptors (Lipinski definition) is 2. The van der Waals surface area contributed by atoms with Crippen LogP contribution in [0.4, 0.5) is 18.0 Å². The van der Waals surface area contributed by atoms with Crippen LogP contribution in [0.2, 0.25) is 0 Å². The molecule has 0 bridgehead atoms. The van der Waals surface area contributed by atoms with Gasteiger partial charge in [-0.1, -0.05) is 46.3 Å². The highest BCUT2D eigenvalue weighted by Crippen LogP contribution is 2.31. The number of benzene rings is 2. The molecule has 0 unspecified atom stereocenters. The average Bonchev–Trinajstić information content (AvgIpc) is 2.52. The number of nitrogens with one attached hydrogen (secondary N) is 1. The van der Waals surface area contributed by atoms with Crippen LogP contribution in [0.1, 0.15) is 16.7 Å². The van der Waals surface area contributed by atoms with E-state index in [0.29, 0.717) is 10.0 Å². The molecule has 0 heterocycles. The molecule has 7 heteroatoms. The lowest BCUT2D eigenvalue weighted by Crippen LogP contribution is -2.24. The van der Waals surface area contributed by atoms with Crippen LogP contribution in [-0.4, -0.2) is 6.09 Å². The van der Waals surface area contributed by atoms with Crippen LogP contribution >= 0.6 is 15.9 Å². The van der Waals surface area contributed by atoms with E-state index in [0.717, 1.165) is 17.7 Å². The van der Waals surface area contributed by atoms with Gasteiger partial charge in [-0.05, 0) is 29.3 Å². The van der Waals surface area contributed by atoms with Crippen LogP contribution in [0.15, 0.2) is 53.0 Å². The summed E-state index contributed by atoms with van der Waals surface area (Å²) in [5.74, 6) is 0. The largest absolute Gasteiger partial charge is 0.445 e. The second kappa shape index (κ2) is 7.50. The van der Waals surface area contributed by atoms with Gasteiger partial charge in [0.25, 0.3) is 0 Å². The topological polar surface area (TPSA) is 38.3 Å². The lowest BCUT2D eigenvalue weighted by molar-refractivity contribution is -0.137. The van der Waals surface area contributed by atoms with Crippen molar-refractivity contribution in [2.75, 3.05) is 0 Å². The first-order chi connectivity index (χ1) is 10.9. The van der Waals surface area contributed by atoms with Crippen molar-refractivity contribution in [3.8, 4) is 0 Å². The van der Waals surface area contributed by atoms with Crippen molar-refractivity contribution >= 4 is 22.0 Å². The van der Waals surface area contributed by atoms with Gasteiger partial charge < -0.3 is 10.1 Å². The smallest absolute Gasteiger partial charge is 0.416 e. The summed E-state index contributed by atoms with van der Waals surface area (Å²) in [6.45, 7) is 0.0224. The highest BCUT2D eigenvalue weighted by molar-refractivity contribution is 9.10. The average molecular weight is 388 g/mol. The number of rotatable bonds is 4. The molecule has 0 aliphatic rings. The Kier molecular flexibility index (Phi) is 5.65. The summed E-state index contributed by atoms with van der Waals surface area (Å²) in [5, 5.41) is 2.43. The van der Waals surface area contributed by atoms with Crippen molar-refractivity contribution in [2.24, 2.45) is 0 Å². The zero-order valence-corrected chi connectivity index (χ0v) is 13.4. The van der Waals surface area contributed by atoms with E-state index < -0.39 is 17.8 Å². The summed E-state index contributed by atoms with van der Waals surface area (Å²) in [5.41, 5.74) is 0.370. The molecule has 0 radical (unpaired) electrons. The van der Waals surface area contributed by atoms with Crippen molar-refractivity contribution in [3.05, 3.63) is 69.7 Å². The second-order valence-electron chi connectivity index (χ2n) is 4.72. The lowest BCUT2D eigenvalue weighted by Gasteiger charge is -2.12. The highest BCUT2D eigenvalue weighted by Gasteiger charge is 2.30. The molecule has 0 atom stereocenters. The number of halogens is 4. The number of alkyl carbamates (subject to hydrolysis) is 1. The maximum atomic E-state index is 12.7. The predicted molar refractivity (Wildman–Crippen MR) is 82.6 cm³/mol. The maximum absolute atomic E-state index is 12.7. The molecule has 3 nitrogen and oxygen atoms in total. The van der Waals surface area contributed by atoms with Gasteiger partial charge in [0, 0.05) is 11.0 Å². The first-order valence-corrected chi connectivity index (χ1v) is 7.46. The first kappa shape index (κ1) is 17.3. The predicted octanol–water partition coefficient (Wildman–Crippen LogP) is 4.89. The fraction of sp³-hybridized carbons (Fsp3) is 0.188. The molecule has 0 saturated carbocycles. The Morgan fingerprint density at radius 2 is 1.83 bits per heavy atom. The number of carbonyl (C=O) groups excluding carboxylic acids is 1. The van der Waals surface area contributed by atoms with Crippen LogP contribution < -0.4 is 5.32 Å². The monoisotopic (exact) mass is 387 g/mol. The quantitative estimate of drug-likeness (QED) is 0.810. The zero-order valence-electron chi connectivity index (χ0n) is 11.9. The summed E-state index contributed by atoms with van der Waals surface area (Å²) in [6.07, 6.45) is -5.12. The van der Waals surface area contributed by atoms with Gasteiger partial charge in [0.05, 0.1) is 5.56 Å². The Labute approximate surface area is 139 Å². The fourth-order valence-corrected chi connectivity index (χ4v) is 2.21. The number of carbonyl (C=O) groups is 1. The Bertz CT molecular complexity index is 675. The van der Waals surface area contributed by atoms with Crippen LogP contribution in [0, 0.1) is 0 Å². The molecule has 2 rings (SSSR count). The van der Waals surface area contributed by atoms with Gasteiger partial charge in [0.1, 0.15) is 6.61 Å². The molecule has 0 aliphatic heterocycles. The van der Waals surface area contributed by atoms with Crippen LogP contribution in [0.3, 0.4) is 0 Å². The minimum absolute atomic E-state index is 0.0713. The van der Waals surface area contributed by atoms with Gasteiger partial charge in [-0.2, -0.15) is 13.2 Å². The molecule has 0 saturated heterocycles. The van der Waals surface area contributed by atoms with E-state index in [1.807, 2.05) is 18.2 Å². The molecular formula is C16H13BrF3NO2. The van der Waals surface area contributed by atoms with Crippen molar-refractivity contribution < 1.29 is 22.7 Å². The van der Waals surface area contributed by atoms with Gasteiger partial charge >= 0.3 is 12.3 Å². The molecule has 122 valence electrons. The third-order valence-electron chi connectivity index (χ3n) is 3.01. The first-order valence-electron chi connectivity index (χ1n) is 6.66. The SMILES string of the molecule is O=C(NCc1cc(C(F)(F)F)ccc1Br)OCc1ccccc1. The number of alkyl halides is 3. The summed E-state index contributed by atoms with van der Waals surface area (Å²) in [6, 6.07) is 12.3. The fourth-order valence-electron chi connectivity index (χ4n) is 1.83. The minimum Gasteiger partial charge on any atom is -0.445 e. The van der Waals surface area contributed by atoms with Crippen LogP contribution in [0.25, 0.3) is 0 Å². The minimum atomic E-state index is -4.43. The normalized spacial score (nSPS) is 11.1. The summed E-state index contributed by atoms with van der Waals surface area (Å²) >= 11 is 3.16. The molecule has 1 N–H and O–H groups in total.